The maximum Gasteiger partial charge on any atom is 0.244 e. The molecule has 0 fully saturated rings. The molecule has 3 aromatic rings. The molecule has 8 heteroatoms. The van der Waals surface area contributed by atoms with E-state index in [-0.39, 0.29) is 18.5 Å². The average Bonchev–Trinajstić information content (AvgIpc) is 2.90. The topological polar surface area (TPSA) is 86.8 Å². The van der Waals surface area contributed by atoms with Crippen LogP contribution >= 0.6 is 0 Å². The second-order valence-corrected chi connectivity index (χ2v) is 12.4. The second-order valence-electron chi connectivity index (χ2n) is 10.5. The number of carbonyl (C=O) groups excluding carboxylic acids is 2. The van der Waals surface area contributed by atoms with Gasteiger partial charge in [-0.1, -0.05) is 85.3 Å². The van der Waals surface area contributed by atoms with Gasteiger partial charge in [0.15, 0.2) is 0 Å². The molecule has 1 N–H and O–H groups in total. The van der Waals surface area contributed by atoms with Gasteiger partial charge >= 0.3 is 0 Å². The molecular weight excluding hydrogens is 522 g/mol. The summed E-state index contributed by atoms with van der Waals surface area (Å²) in [5, 5.41) is 3.05. The second kappa shape index (κ2) is 13.6. The molecule has 0 aliphatic rings. The van der Waals surface area contributed by atoms with Gasteiger partial charge in [0.05, 0.1) is 11.9 Å². The van der Waals surface area contributed by atoms with Crippen LogP contribution in [0.5, 0.6) is 0 Å². The lowest BCUT2D eigenvalue weighted by Crippen LogP contribution is -2.54. The van der Waals surface area contributed by atoms with Crippen molar-refractivity contribution in [2.45, 2.75) is 66.1 Å². The summed E-state index contributed by atoms with van der Waals surface area (Å²) in [5.41, 5.74) is 4.82. The number of nitrogens with zero attached hydrogens (tertiary/aromatic N) is 2. The first-order valence-electron chi connectivity index (χ1n) is 13.6. The molecule has 0 unspecified atom stereocenters. The predicted octanol–water partition coefficient (Wildman–Crippen LogP) is 4.93. The molecule has 0 spiro atoms. The van der Waals surface area contributed by atoms with E-state index in [2.05, 4.69) is 5.32 Å². The van der Waals surface area contributed by atoms with Crippen LogP contribution in [0.2, 0.25) is 0 Å². The highest BCUT2D eigenvalue weighted by Crippen LogP contribution is 2.27. The molecule has 0 saturated heterocycles. The van der Waals surface area contributed by atoms with Crippen LogP contribution in [0.4, 0.5) is 5.69 Å². The summed E-state index contributed by atoms with van der Waals surface area (Å²) in [6, 6.07) is 21.9. The molecule has 0 aliphatic heterocycles. The number of hydrogen-bond donors (Lipinski definition) is 1. The first-order valence-corrected chi connectivity index (χ1v) is 15.5. The number of anilines is 1. The van der Waals surface area contributed by atoms with E-state index in [1.54, 1.807) is 0 Å². The molecule has 3 aromatic carbocycles. The number of carbonyl (C=O) groups is 2. The number of para-hydroxylation sites is 1. The normalized spacial score (nSPS) is 12.8. The Morgan fingerprint density at radius 1 is 0.850 bits per heavy atom. The molecule has 7 nitrogen and oxygen atoms in total. The van der Waals surface area contributed by atoms with Gasteiger partial charge in [0.1, 0.15) is 12.6 Å². The molecule has 2 atom stereocenters. The Hall–Kier alpha value is -3.65. The first-order chi connectivity index (χ1) is 18.9. The molecule has 0 aromatic heterocycles. The predicted molar refractivity (Wildman–Crippen MR) is 162 cm³/mol. The van der Waals surface area contributed by atoms with E-state index in [1.165, 1.54) is 4.90 Å². The fourth-order valence-electron chi connectivity index (χ4n) is 4.66. The Labute approximate surface area is 239 Å². The Morgan fingerprint density at radius 2 is 1.45 bits per heavy atom. The van der Waals surface area contributed by atoms with Crippen molar-refractivity contribution in [3.05, 3.63) is 101 Å². The SMILES string of the molecule is CC[C@@H](C)NC(=O)[C@H](Cc1ccccc1)N(Cc1ccc(C)cc1)C(=O)CN(c1c(C)cccc1C)S(C)(=O)=O. The third kappa shape index (κ3) is 8.18. The van der Waals surface area contributed by atoms with Crippen molar-refractivity contribution in [3.8, 4) is 0 Å². The molecule has 0 aliphatic carbocycles. The van der Waals surface area contributed by atoms with E-state index in [4.69, 9.17) is 0 Å². The minimum atomic E-state index is -3.81. The zero-order valence-electron chi connectivity index (χ0n) is 24.3. The lowest BCUT2D eigenvalue weighted by atomic mass is 10.0. The van der Waals surface area contributed by atoms with Crippen molar-refractivity contribution in [2.24, 2.45) is 0 Å². The molecule has 3 rings (SSSR count). The van der Waals surface area contributed by atoms with Gasteiger partial charge in [0.25, 0.3) is 0 Å². The van der Waals surface area contributed by atoms with Crippen molar-refractivity contribution >= 4 is 27.5 Å². The van der Waals surface area contributed by atoms with Crippen molar-refractivity contribution in [1.29, 1.82) is 0 Å². The standard InChI is InChI=1S/C32H41N3O4S/c1-7-26(5)33-32(37)29(20-27-14-9-8-10-15-27)34(21-28-18-16-23(2)17-19-28)30(36)22-35(40(6,38)39)31-24(3)12-11-13-25(31)4/h8-19,26,29H,7,20-22H2,1-6H3,(H,33,37)/t26-,29+/m1/s1. The van der Waals surface area contributed by atoms with Crippen LogP contribution in [0, 0.1) is 20.8 Å². The van der Waals surface area contributed by atoms with Crippen molar-refractivity contribution in [1.82, 2.24) is 10.2 Å². The molecule has 40 heavy (non-hydrogen) atoms. The third-order valence-corrected chi connectivity index (χ3v) is 8.23. The van der Waals surface area contributed by atoms with Gasteiger partial charge < -0.3 is 10.2 Å². The smallest absolute Gasteiger partial charge is 0.244 e. The van der Waals surface area contributed by atoms with Crippen molar-refractivity contribution in [3.63, 3.8) is 0 Å². The summed E-state index contributed by atoms with van der Waals surface area (Å²) < 4.78 is 27.3. The summed E-state index contributed by atoms with van der Waals surface area (Å²) in [6.07, 6.45) is 2.14. The van der Waals surface area contributed by atoms with E-state index in [0.29, 0.717) is 12.1 Å². The first kappa shape index (κ1) is 30.9. The van der Waals surface area contributed by atoms with E-state index in [1.807, 2.05) is 107 Å². The van der Waals surface area contributed by atoms with Gasteiger partial charge in [-0.3, -0.25) is 13.9 Å². The van der Waals surface area contributed by atoms with Crippen LogP contribution in [-0.2, 0) is 32.6 Å². The third-order valence-electron chi connectivity index (χ3n) is 7.11. The van der Waals surface area contributed by atoms with Gasteiger partial charge in [0.2, 0.25) is 21.8 Å². The van der Waals surface area contributed by atoms with Gasteiger partial charge in [-0.15, -0.1) is 0 Å². The highest BCUT2D eigenvalue weighted by molar-refractivity contribution is 7.92. The average molecular weight is 564 g/mol. The fourth-order valence-corrected chi connectivity index (χ4v) is 5.62. The lowest BCUT2D eigenvalue weighted by molar-refractivity contribution is -0.140. The Balaban J connectivity index is 2.09. The quantitative estimate of drug-likeness (QED) is 0.339. The lowest BCUT2D eigenvalue weighted by Gasteiger charge is -2.34. The number of benzene rings is 3. The molecule has 0 heterocycles. The van der Waals surface area contributed by atoms with Crippen molar-refractivity contribution in [2.75, 3.05) is 17.1 Å². The molecular formula is C32H41N3O4S. The van der Waals surface area contributed by atoms with E-state index in [9.17, 15) is 18.0 Å². The number of amides is 2. The Morgan fingerprint density at radius 3 is 2.00 bits per heavy atom. The van der Waals surface area contributed by atoms with Crippen LogP contribution in [0.1, 0.15) is 48.1 Å². The summed E-state index contributed by atoms with van der Waals surface area (Å²) in [6.45, 7) is 9.29. The number of aryl methyl sites for hydroxylation is 3. The number of sulfonamides is 1. The highest BCUT2D eigenvalue weighted by Gasteiger charge is 2.34. The maximum atomic E-state index is 14.2. The fraction of sp³-hybridized carbons (Fsp3) is 0.375. The van der Waals surface area contributed by atoms with Crippen LogP contribution in [0.3, 0.4) is 0 Å². The molecule has 214 valence electrons. The van der Waals surface area contributed by atoms with E-state index >= 15 is 0 Å². The number of nitrogens with one attached hydrogen (secondary N) is 1. The van der Waals surface area contributed by atoms with Gasteiger partial charge in [-0.2, -0.15) is 0 Å². The largest absolute Gasteiger partial charge is 0.352 e. The van der Waals surface area contributed by atoms with Crippen LogP contribution in [-0.4, -0.2) is 50.0 Å². The zero-order valence-corrected chi connectivity index (χ0v) is 25.2. The summed E-state index contributed by atoms with van der Waals surface area (Å²) in [4.78, 5) is 29.5. The maximum absolute atomic E-state index is 14.2. The van der Waals surface area contributed by atoms with Crippen LogP contribution < -0.4 is 9.62 Å². The molecule has 0 bridgehead atoms. The molecule has 2 amide bonds. The van der Waals surface area contributed by atoms with E-state index < -0.39 is 28.5 Å². The molecule has 0 saturated carbocycles. The Bertz CT molecular complexity index is 1390. The number of hydrogen-bond acceptors (Lipinski definition) is 4. The van der Waals surface area contributed by atoms with Gasteiger partial charge in [-0.05, 0) is 56.4 Å². The summed E-state index contributed by atoms with van der Waals surface area (Å²) in [7, 11) is -3.81. The zero-order chi connectivity index (χ0) is 29.4. The summed E-state index contributed by atoms with van der Waals surface area (Å²) >= 11 is 0. The molecule has 0 radical (unpaired) electrons. The highest BCUT2D eigenvalue weighted by atomic mass is 32.2. The van der Waals surface area contributed by atoms with E-state index in [0.717, 1.165) is 44.8 Å². The van der Waals surface area contributed by atoms with Crippen molar-refractivity contribution < 1.29 is 18.0 Å². The monoisotopic (exact) mass is 563 g/mol. The van der Waals surface area contributed by atoms with Crippen LogP contribution in [0.15, 0.2) is 72.8 Å². The Kier molecular flexibility index (Phi) is 10.5. The number of rotatable bonds is 12. The van der Waals surface area contributed by atoms with Gasteiger partial charge in [-0.25, -0.2) is 8.42 Å². The summed E-state index contributed by atoms with van der Waals surface area (Å²) in [5.74, 6) is -0.717. The minimum Gasteiger partial charge on any atom is -0.352 e. The minimum absolute atomic E-state index is 0.0794. The van der Waals surface area contributed by atoms with Gasteiger partial charge in [0, 0.05) is 19.0 Å². The van der Waals surface area contributed by atoms with Crippen LogP contribution in [0.25, 0.3) is 0 Å².